The zero-order valence-corrected chi connectivity index (χ0v) is 12.3. The van der Waals surface area contributed by atoms with E-state index in [1.165, 1.54) is 6.20 Å². The highest BCUT2D eigenvalue weighted by molar-refractivity contribution is 5.88. The number of nitrogens with zero attached hydrogens (tertiary/aromatic N) is 4. The molecule has 1 atom stereocenters. The van der Waals surface area contributed by atoms with Crippen molar-refractivity contribution in [2.75, 3.05) is 33.4 Å². The largest absolute Gasteiger partial charge is 0.377 e. The Labute approximate surface area is 123 Å². The fourth-order valence-electron chi connectivity index (χ4n) is 2.60. The van der Waals surface area contributed by atoms with Crippen LogP contribution < -0.4 is 0 Å². The lowest BCUT2D eigenvalue weighted by Crippen LogP contribution is -2.53. The van der Waals surface area contributed by atoms with Gasteiger partial charge in [0.2, 0.25) is 5.96 Å². The van der Waals surface area contributed by atoms with Gasteiger partial charge in [-0.05, 0) is 19.1 Å². The number of morpholine rings is 1. The highest BCUT2D eigenvalue weighted by Crippen LogP contribution is 2.23. The van der Waals surface area contributed by atoms with Crippen LogP contribution in [0.25, 0.3) is 5.70 Å². The molecule has 1 aromatic rings. The lowest BCUT2D eigenvalue weighted by molar-refractivity contribution is 0.0282. The highest BCUT2D eigenvalue weighted by Gasteiger charge is 2.27. The summed E-state index contributed by atoms with van der Waals surface area (Å²) >= 11 is 0. The summed E-state index contributed by atoms with van der Waals surface area (Å²) in [5, 5.41) is 0. The third kappa shape index (κ3) is 2.76. The molecule has 5 nitrogen and oxygen atoms in total. The standard InChI is InChI=1S/C15H19FN4O/c1-11-10-21-8-7-20(11)15-18-14(4-6-19(15)2)12-3-5-17-9-13(12)16/h3-5,9,11H,6-8,10H2,1-2H3/t11-/m1/s1. The first-order valence-corrected chi connectivity index (χ1v) is 7.11. The molecule has 0 saturated carbocycles. The van der Waals surface area contributed by atoms with Crippen LogP contribution in [-0.2, 0) is 4.74 Å². The molecule has 0 aromatic carbocycles. The fourth-order valence-corrected chi connectivity index (χ4v) is 2.60. The molecule has 21 heavy (non-hydrogen) atoms. The Kier molecular flexibility index (Phi) is 3.88. The van der Waals surface area contributed by atoms with Crippen LogP contribution in [-0.4, -0.2) is 60.1 Å². The van der Waals surface area contributed by atoms with Crippen LogP contribution in [0.3, 0.4) is 0 Å². The molecule has 3 heterocycles. The van der Waals surface area contributed by atoms with E-state index in [4.69, 9.17) is 4.74 Å². The molecule has 0 radical (unpaired) electrons. The van der Waals surface area contributed by atoms with Gasteiger partial charge in [0, 0.05) is 31.9 Å². The molecule has 0 amide bonds. The van der Waals surface area contributed by atoms with Crippen molar-refractivity contribution in [3.63, 3.8) is 0 Å². The Balaban J connectivity index is 1.92. The first-order valence-electron chi connectivity index (χ1n) is 7.11. The number of aromatic nitrogens is 1. The predicted molar refractivity (Wildman–Crippen MR) is 79.2 cm³/mol. The van der Waals surface area contributed by atoms with Crippen molar-refractivity contribution in [2.24, 2.45) is 4.99 Å². The average Bonchev–Trinajstić information content (AvgIpc) is 2.49. The molecule has 0 spiro atoms. The summed E-state index contributed by atoms with van der Waals surface area (Å²) in [4.78, 5) is 12.8. The minimum atomic E-state index is -0.341. The van der Waals surface area contributed by atoms with Crippen molar-refractivity contribution in [3.05, 3.63) is 35.9 Å². The second-order valence-corrected chi connectivity index (χ2v) is 5.35. The monoisotopic (exact) mass is 290 g/mol. The summed E-state index contributed by atoms with van der Waals surface area (Å²) in [6.45, 7) is 5.01. The predicted octanol–water partition coefficient (Wildman–Crippen LogP) is 1.58. The van der Waals surface area contributed by atoms with E-state index in [1.54, 1.807) is 12.3 Å². The van der Waals surface area contributed by atoms with Gasteiger partial charge in [0.05, 0.1) is 31.1 Å². The van der Waals surface area contributed by atoms with E-state index in [0.29, 0.717) is 31.0 Å². The number of hydrogen-bond donors (Lipinski definition) is 0. The van der Waals surface area contributed by atoms with E-state index >= 15 is 0 Å². The molecule has 2 aliphatic heterocycles. The fraction of sp³-hybridized carbons (Fsp3) is 0.467. The average molecular weight is 290 g/mol. The van der Waals surface area contributed by atoms with Crippen molar-refractivity contribution in [1.29, 1.82) is 0 Å². The smallest absolute Gasteiger partial charge is 0.202 e. The summed E-state index contributed by atoms with van der Waals surface area (Å²) in [5.74, 6) is 0.533. The van der Waals surface area contributed by atoms with Gasteiger partial charge < -0.3 is 14.5 Å². The van der Waals surface area contributed by atoms with Gasteiger partial charge in [0.15, 0.2) is 5.82 Å². The Bertz CT molecular complexity index is 587. The van der Waals surface area contributed by atoms with Crippen LogP contribution in [0.5, 0.6) is 0 Å². The van der Waals surface area contributed by atoms with Gasteiger partial charge >= 0.3 is 0 Å². The van der Waals surface area contributed by atoms with Crippen molar-refractivity contribution in [3.8, 4) is 0 Å². The highest BCUT2D eigenvalue weighted by atomic mass is 19.1. The summed E-state index contributed by atoms with van der Waals surface area (Å²) in [5.41, 5.74) is 1.17. The number of aliphatic imine (C=N–C) groups is 1. The first-order chi connectivity index (χ1) is 10.2. The molecular formula is C15H19FN4O. The minimum Gasteiger partial charge on any atom is -0.377 e. The third-order valence-electron chi connectivity index (χ3n) is 3.79. The van der Waals surface area contributed by atoms with Gasteiger partial charge in [0.25, 0.3) is 0 Å². The summed E-state index contributed by atoms with van der Waals surface area (Å²) in [6, 6.07) is 1.93. The van der Waals surface area contributed by atoms with Crippen molar-refractivity contribution in [1.82, 2.24) is 14.8 Å². The molecule has 1 saturated heterocycles. The summed E-state index contributed by atoms with van der Waals surface area (Å²) < 4.78 is 19.4. The molecule has 2 aliphatic rings. The maximum atomic E-state index is 13.9. The summed E-state index contributed by atoms with van der Waals surface area (Å²) in [7, 11) is 2.00. The minimum absolute atomic E-state index is 0.265. The maximum absolute atomic E-state index is 13.9. The quantitative estimate of drug-likeness (QED) is 0.787. The lowest BCUT2D eigenvalue weighted by Gasteiger charge is -2.40. The molecule has 1 fully saturated rings. The second kappa shape index (κ2) is 5.81. The van der Waals surface area contributed by atoms with Gasteiger partial charge in [-0.2, -0.15) is 0 Å². The number of halogens is 1. The molecule has 6 heteroatoms. The van der Waals surface area contributed by atoms with Crippen LogP contribution in [0.1, 0.15) is 12.5 Å². The number of ether oxygens (including phenoxy) is 1. The Morgan fingerprint density at radius 3 is 3.05 bits per heavy atom. The van der Waals surface area contributed by atoms with Crippen LogP contribution in [0.2, 0.25) is 0 Å². The van der Waals surface area contributed by atoms with E-state index in [0.717, 1.165) is 12.5 Å². The van der Waals surface area contributed by atoms with E-state index < -0.39 is 0 Å². The van der Waals surface area contributed by atoms with Gasteiger partial charge in [-0.3, -0.25) is 4.98 Å². The van der Waals surface area contributed by atoms with Gasteiger partial charge in [0.1, 0.15) is 0 Å². The van der Waals surface area contributed by atoms with E-state index in [2.05, 4.69) is 26.7 Å². The number of hydrogen-bond acceptors (Lipinski definition) is 5. The van der Waals surface area contributed by atoms with E-state index in [9.17, 15) is 4.39 Å². The number of rotatable bonds is 1. The molecule has 112 valence electrons. The van der Waals surface area contributed by atoms with Crippen LogP contribution in [0.15, 0.2) is 29.5 Å². The molecular weight excluding hydrogens is 271 g/mol. The Hall–Kier alpha value is -1.95. The van der Waals surface area contributed by atoms with Gasteiger partial charge in [-0.1, -0.05) is 0 Å². The van der Waals surface area contributed by atoms with Crippen LogP contribution in [0.4, 0.5) is 4.39 Å². The Morgan fingerprint density at radius 1 is 1.43 bits per heavy atom. The number of likely N-dealkylation sites (N-methyl/N-ethyl adjacent to an activating group) is 1. The normalized spacial score (nSPS) is 22.9. The Morgan fingerprint density at radius 2 is 2.29 bits per heavy atom. The molecule has 3 rings (SSSR count). The van der Waals surface area contributed by atoms with E-state index in [-0.39, 0.29) is 11.9 Å². The van der Waals surface area contributed by atoms with Gasteiger partial charge in [-0.15, -0.1) is 0 Å². The van der Waals surface area contributed by atoms with E-state index in [1.807, 2.05) is 13.1 Å². The molecule has 1 aromatic heterocycles. The lowest BCUT2D eigenvalue weighted by atomic mass is 10.1. The number of guanidine groups is 1. The van der Waals surface area contributed by atoms with Crippen molar-refractivity contribution >= 4 is 11.7 Å². The topological polar surface area (TPSA) is 41.0 Å². The molecule has 0 aliphatic carbocycles. The second-order valence-electron chi connectivity index (χ2n) is 5.35. The summed E-state index contributed by atoms with van der Waals surface area (Å²) in [6.07, 6.45) is 4.75. The first kappa shape index (κ1) is 14.0. The van der Waals surface area contributed by atoms with Crippen LogP contribution >= 0.6 is 0 Å². The SMILES string of the molecule is C[C@@H]1COCCN1C1=NC(c2ccncc2F)=CCN1C. The van der Waals surface area contributed by atoms with Crippen molar-refractivity contribution in [2.45, 2.75) is 13.0 Å². The van der Waals surface area contributed by atoms with Crippen LogP contribution in [0, 0.1) is 5.82 Å². The molecule has 0 unspecified atom stereocenters. The molecule has 0 N–H and O–H groups in total. The van der Waals surface area contributed by atoms with Crippen molar-refractivity contribution < 1.29 is 9.13 Å². The maximum Gasteiger partial charge on any atom is 0.202 e. The zero-order valence-electron chi connectivity index (χ0n) is 12.3. The van der Waals surface area contributed by atoms with Gasteiger partial charge in [-0.25, -0.2) is 9.38 Å². The molecule has 0 bridgehead atoms. The number of pyridine rings is 1. The third-order valence-corrected chi connectivity index (χ3v) is 3.79. The zero-order chi connectivity index (χ0) is 14.8.